The molecule has 0 bridgehead atoms. The summed E-state index contributed by atoms with van der Waals surface area (Å²) in [5.41, 5.74) is -6.12. The Bertz CT molecular complexity index is 807. The minimum Gasteiger partial charge on any atom is -0.390 e. The molecule has 0 saturated heterocycles. The molecule has 4 aliphatic carbocycles. The molecule has 7 heteroatoms. The van der Waals surface area contributed by atoms with E-state index in [9.17, 15) is 30.0 Å². The molecule has 4 aliphatic rings. The summed E-state index contributed by atoms with van der Waals surface area (Å²) in [4.78, 5) is 24.2. The van der Waals surface area contributed by atoms with E-state index in [0.29, 0.717) is 18.4 Å². The zero-order valence-corrected chi connectivity index (χ0v) is 16.1. The highest BCUT2D eigenvalue weighted by molar-refractivity contribution is 6.01. The van der Waals surface area contributed by atoms with Gasteiger partial charge < -0.3 is 20.4 Å². The van der Waals surface area contributed by atoms with E-state index in [1.165, 1.54) is 18.2 Å². The third kappa shape index (κ3) is 2.01. The number of aliphatic hydroxyl groups is 4. The number of rotatable bonds is 2. The fourth-order valence-electron chi connectivity index (χ4n) is 6.85. The van der Waals surface area contributed by atoms with Crippen molar-refractivity contribution in [1.29, 1.82) is 0 Å². The molecule has 3 saturated carbocycles. The number of hydrogen-bond acceptors (Lipinski definition) is 6. The Labute approximate surface area is 162 Å². The summed E-state index contributed by atoms with van der Waals surface area (Å²) in [6.07, 6.45) is 1.93. The van der Waals surface area contributed by atoms with Gasteiger partial charge in [-0.25, -0.2) is 4.39 Å². The summed E-state index contributed by atoms with van der Waals surface area (Å²) in [7, 11) is 0. The van der Waals surface area contributed by atoms with Crippen molar-refractivity contribution >= 4 is 11.6 Å². The molecular formula is C21H27FO6. The number of carbonyl (C=O) groups is 2. The maximum Gasteiger partial charge on any atom is 0.192 e. The molecule has 8 atom stereocenters. The number of alkyl halides is 1. The van der Waals surface area contributed by atoms with Crippen molar-refractivity contribution in [3.05, 3.63) is 23.8 Å². The van der Waals surface area contributed by atoms with Crippen molar-refractivity contribution in [2.24, 2.45) is 22.7 Å². The molecule has 0 amide bonds. The molecule has 0 radical (unpaired) electrons. The van der Waals surface area contributed by atoms with Crippen LogP contribution in [0.15, 0.2) is 23.8 Å². The molecule has 0 aromatic carbocycles. The first-order valence-electron chi connectivity index (χ1n) is 9.82. The summed E-state index contributed by atoms with van der Waals surface area (Å²) >= 11 is 0. The zero-order valence-electron chi connectivity index (χ0n) is 16.1. The predicted octanol–water partition coefficient (Wildman–Crippen LogP) is 0.620. The number of aliphatic hydroxyl groups excluding tert-OH is 3. The number of hydrogen-bond donors (Lipinski definition) is 4. The normalized spacial score (nSPS) is 52.5. The van der Waals surface area contributed by atoms with Gasteiger partial charge in [0.2, 0.25) is 0 Å². The van der Waals surface area contributed by atoms with Gasteiger partial charge in [-0.2, -0.15) is 0 Å². The summed E-state index contributed by atoms with van der Waals surface area (Å²) in [6.45, 7) is 2.33. The second-order valence-electron chi connectivity index (χ2n) is 9.36. The third-order valence-corrected chi connectivity index (χ3v) is 8.43. The number of carbonyl (C=O) groups excluding carboxylic acids is 2. The van der Waals surface area contributed by atoms with E-state index in [4.69, 9.17) is 0 Å². The van der Waals surface area contributed by atoms with E-state index in [0.717, 1.165) is 0 Å². The molecule has 3 fully saturated rings. The molecular weight excluding hydrogens is 367 g/mol. The molecule has 28 heavy (non-hydrogen) atoms. The maximum atomic E-state index is 16.8. The summed E-state index contributed by atoms with van der Waals surface area (Å²) in [5.74, 6) is -2.38. The number of Topliss-reactive ketones (excluding diaryl/α,β-unsaturated/α-hetero) is 1. The van der Waals surface area contributed by atoms with Gasteiger partial charge in [-0.3, -0.25) is 9.59 Å². The van der Waals surface area contributed by atoms with E-state index in [-0.39, 0.29) is 18.6 Å². The number of ketones is 2. The highest BCUT2D eigenvalue weighted by atomic mass is 19.1. The second kappa shape index (κ2) is 5.81. The topological polar surface area (TPSA) is 115 Å². The Hall–Kier alpha value is -1.41. The summed E-state index contributed by atoms with van der Waals surface area (Å²) in [6, 6.07) is 0. The van der Waals surface area contributed by atoms with Gasteiger partial charge in [-0.05, 0) is 50.7 Å². The average Bonchev–Trinajstić information content (AvgIpc) is 2.84. The lowest BCUT2D eigenvalue weighted by Gasteiger charge is -2.62. The molecule has 0 spiro atoms. The quantitative estimate of drug-likeness (QED) is 0.546. The molecule has 154 valence electrons. The van der Waals surface area contributed by atoms with Gasteiger partial charge in [0.1, 0.15) is 6.61 Å². The van der Waals surface area contributed by atoms with Crippen molar-refractivity contribution in [1.82, 2.24) is 0 Å². The lowest BCUT2D eigenvalue weighted by molar-refractivity contribution is -0.222. The average molecular weight is 394 g/mol. The maximum absolute atomic E-state index is 16.8. The van der Waals surface area contributed by atoms with Gasteiger partial charge in [0.25, 0.3) is 0 Å². The molecule has 0 aliphatic heterocycles. The van der Waals surface area contributed by atoms with Crippen molar-refractivity contribution in [3.63, 3.8) is 0 Å². The second-order valence-corrected chi connectivity index (χ2v) is 9.36. The van der Waals surface area contributed by atoms with Crippen LogP contribution >= 0.6 is 0 Å². The van der Waals surface area contributed by atoms with Crippen LogP contribution in [-0.2, 0) is 9.59 Å². The SMILES string of the molecule is C[C@@]12C=CC(=O)C=C1CCC1C3CC(O)[C@@](O)(C(=O)CO)[C@]3(C)CC(O)[C@]12F. The van der Waals surface area contributed by atoms with Crippen LogP contribution in [0.1, 0.15) is 39.5 Å². The Morgan fingerprint density at radius 1 is 1.25 bits per heavy atom. The molecule has 4 N–H and O–H groups in total. The Morgan fingerprint density at radius 2 is 1.93 bits per heavy atom. The lowest BCUT2D eigenvalue weighted by Crippen LogP contribution is -2.69. The highest BCUT2D eigenvalue weighted by Gasteiger charge is 2.76. The standard InChI is InChI=1S/C21H27FO6/c1-18-6-5-12(24)7-11(18)3-4-13-14-8-15(25)21(28,17(27)10-23)19(14,2)9-16(26)20(13,18)22/h5-7,13-16,23,25-26,28H,3-4,8-10H2,1-2H3/t13?,14?,15?,16?,18-,19-,20-,21-/m1/s1. The molecule has 4 rings (SSSR count). The Morgan fingerprint density at radius 3 is 2.57 bits per heavy atom. The van der Waals surface area contributed by atoms with E-state index < -0.39 is 58.5 Å². The molecule has 0 aromatic heterocycles. The van der Waals surface area contributed by atoms with Crippen LogP contribution in [0.5, 0.6) is 0 Å². The van der Waals surface area contributed by atoms with Gasteiger partial charge in [0.15, 0.2) is 22.8 Å². The molecule has 6 nitrogen and oxygen atoms in total. The van der Waals surface area contributed by atoms with Crippen molar-refractivity contribution in [3.8, 4) is 0 Å². The van der Waals surface area contributed by atoms with Crippen molar-refractivity contribution in [2.45, 2.75) is 63.0 Å². The summed E-state index contributed by atoms with van der Waals surface area (Å²) in [5, 5.41) is 42.1. The first kappa shape index (κ1) is 19.9. The van der Waals surface area contributed by atoms with E-state index >= 15 is 4.39 Å². The number of fused-ring (bicyclic) bond motifs is 5. The fourth-order valence-corrected chi connectivity index (χ4v) is 6.85. The van der Waals surface area contributed by atoms with Gasteiger partial charge in [0.05, 0.1) is 12.2 Å². The van der Waals surface area contributed by atoms with Crippen LogP contribution in [-0.4, -0.2) is 62.1 Å². The first-order chi connectivity index (χ1) is 13.0. The van der Waals surface area contributed by atoms with E-state index in [1.54, 1.807) is 13.8 Å². The van der Waals surface area contributed by atoms with Crippen LogP contribution in [0, 0.1) is 22.7 Å². The third-order valence-electron chi connectivity index (χ3n) is 8.43. The molecule has 0 heterocycles. The van der Waals surface area contributed by atoms with Crippen molar-refractivity contribution in [2.75, 3.05) is 6.61 Å². The predicted molar refractivity (Wildman–Crippen MR) is 96.8 cm³/mol. The highest BCUT2D eigenvalue weighted by Crippen LogP contribution is 2.69. The van der Waals surface area contributed by atoms with Gasteiger partial charge in [-0.1, -0.05) is 18.6 Å². The smallest absolute Gasteiger partial charge is 0.192 e. The molecule has 4 unspecified atom stereocenters. The van der Waals surface area contributed by atoms with Crippen LogP contribution in [0.4, 0.5) is 4.39 Å². The number of halogens is 1. The van der Waals surface area contributed by atoms with Gasteiger partial charge in [0, 0.05) is 16.7 Å². The zero-order chi connectivity index (χ0) is 20.7. The monoisotopic (exact) mass is 394 g/mol. The minimum atomic E-state index is -2.23. The Balaban J connectivity index is 1.84. The number of allylic oxidation sites excluding steroid dienone is 4. The van der Waals surface area contributed by atoms with Crippen molar-refractivity contribution < 1.29 is 34.4 Å². The van der Waals surface area contributed by atoms with Gasteiger partial charge >= 0.3 is 0 Å². The van der Waals surface area contributed by atoms with E-state index in [1.807, 2.05) is 0 Å². The largest absolute Gasteiger partial charge is 0.390 e. The Kier molecular flexibility index (Phi) is 4.13. The summed E-state index contributed by atoms with van der Waals surface area (Å²) < 4.78 is 16.8. The van der Waals surface area contributed by atoms with Crippen LogP contribution in [0.25, 0.3) is 0 Å². The lowest BCUT2D eigenvalue weighted by atomic mass is 9.44. The van der Waals surface area contributed by atoms with Gasteiger partial charge in [-0.15, -0.1) is 0 Å². The minimum absolute atomic E-state index is 0.0135. The van der Waals surface area contributed by atoms with E-state index in [2.05, 4.69) is 0 Å². The first-order valence-corrected chi connectivity index (χ1v) is 9.82. The molecule has 0 aromatic rings. The van der Waals surface area contributed by atoms with Crippen LogP contribution in [0.3, 0.4) is 0 Å². The fraction of sp³-hybridized carbons (Fsp3) is 0.714. The van der Waals surface area contributed by atoms with Crippen LogP contribution < -0.4 is 0 Å². The van der Waals surface area contributed by atoms with Crippen LogP contribution in [0.2, 0.25) is 0 Å².